The summed E-state index contributed by atoms with van der Waals surface area (Å²) in [6, 6.07) is 5.89. The van der Waals surface area contributed by atoms with Gasteiger partial charge in [0.05, 0.1) is 0 Å². The molecule has 1 aliphatic rings. The van der Waals surface area contributed by atoms with Crippen molar-refractivity contribution in [3.8, 4) is 0 Å². The van der Waals surface area contributed by atoms with Gasteiger partial charge in [-0.3, -0.25) is 19.2 Å². The molecule has 0 aliphatic carbocycles. The minimum Gasteiger partial charge on any atom is -0.483 e. The summed E-state index contributed by atoms with van der Waals surface area (Å²) in [7, 11) is 0. The Morgan fingerprint density at radius 1 is 0.925 bits per heavy atom. The second-order valence-corrected chi connectivity index (χ2v) is 8.79. The Bertz CT molecular complexity index is 951. The number of carboxylic acids is 2. The van der Waals surface area contributed by atoms with E-state index < -0.39 is 18.0 Å². The lowest BCUT2D eigenvalue weighted by atomic mass is 10.1. The Labute approximate surface area is 232 Å². The van der Waals surface area contributed by atoms with Crippen molar-refractivity contribution >= 4 is 42.1 Å². The van der Waals surface area contributed by atoms with Crippen LogP contribution in [0.3, 0.4) is 0 Å². The molecule has 15 nitrogen and oxygen atoms in total. The van der Waals surface area contributed by atoms with Gasteiger partial charge in [-0.15, -0.1) is 0 Å². The smallest absolute Gasteiger partial charge is 0.317 e. The summed E-state index contributed by atoms with van der Waals surface area (Å²) < 4.78 is 0. The lowest BCUT2D eigenvalue weighted by Crippen LogP contribution is -2.53. The minimum absolute atomic E-state index is 0.0431. The standard InChI is InChI=1S/C18H26N4O4.C6H12N2O3.CH2O2/c19-15-7-5-14(6-8-15)17(25)21-10-12-22(13-11-21)18(26)20-9-3-1-2-4-16(23)24;1-4(8-6(7)11)2-3-5(9)10;2-1-3/h5-8H,1-4,9-13,19H2,(H,20,26)(H,23,24);4H,2-3H2,1H3,(H,9,10)(H3,7,8,11);1H,(H,2,3). The molecule has 1 atom stereocenters. The normalized spacial score (nSPS) is 12.8. The topological polar surface area (TPSA) is 246 Å². The van der Waals surface area contributed by atoms with E-state index in [2.05, 4.69) is 10.6 Å². The van der Waals surface area contributed by atoms with Gasteiger partial charge >= 0.3 is 24.0 Å². The molecule has 0 aromatic heterocycles. The van der Waals surface area contributed by atoms with Crippen molar-refractivity contribution < 1.29 is 44.1 Å². The number of benzene rings is 1. The van der Waals surface area contributed by atoms with Crippen molar-refractivity contribution in [3.05, 3.63) is 29.8 Å². The second-order valence-electron chi connectivity index (χ2n) is 8.79. The van der Waals surface area contributed by atoms with Crippen LogP contribution in [0.15, 0.2) is 24.3 Å². The van der Waals surface area contributed by atoms with Crippen molar-refractivity contribution in [1.29, 1.82) is 0 Å². The molecule has 1 fully saturated rings. The first-order valence-corrected chi connectivity index (χ1v) is 12.7. The first kappa shape index (κ1) is 35.4. The summed E-state index contributed by atoms with van der Waals surface area (Å²) in [5.74, 6) is -1.72. The predicted molar refractivity (Wildman–Crippen MR) is 146 cm³/mol. The number of carbonyl (C=O) groups is 6. The predicted octanol–water partition coefficient (Wildman–Crippen LogP) is 0.990. The number of nitrogens with two attached hydrogens (primary N) is 2. The lowest BCUT2D eigenvalue weighted by molar-refractivity contribution is -0.138. The number of hydrogen-bond acceptors (Lipinski definition) is 7. The fourth-order valence-electron chi connectivity index (χ4n) is 3.46. The summed E-state index contributed by atoms with van der Waals surface area (Å²) in [5, 5.41) is 28.9. The van der Waals surface area contributed by atoms with E-state index in [0.717, 1.165) is 12.8 Å². The monoisotopic (exact) mass is 568 g/mol. The van der Waals surface area contributed by atoms with Crippen LogP contribution in [-0.2, 0) is 14.4 Å². The SMILES string of the molecule is CC(CCC(=O)O)NC(N)=O.Nc1ccc(C(=O)N2CCN(C(=O)NCCCCCC(=O)O)CC2)cc1.O=CO. The number of rotatable bonds is 11. The fourth-order valence-corrected chi connectivity index (χ4v) is 3.46. The molecule has 1 aromatic carbocycles. The molecule has 2 rings (SSSR count). The first-order valence-electron chi connectivity index (χ1n) is 12.7. The van der Waals surface area contributed by atoms with Crippen LogP contribution in [0.2, 0.25) is 0 Å². The summed E-state index contributed by atoms with van der Waals surface area (Å²) >= 11 is 0. The highest BCUT2D eigenvalue weighted by Crippen LogP contribution is 2.11. The minimum atomic E-state index is -0.872. The molecular weight excluding hydrogens is 528 g/mol. The third-order valence-corrected chi connectivity index (χ3v) is 5.54. The van der Waals surface area contributed by atoms with Crippen molar-refractivity contribution in [2.75, 3.05) is 38.5 Å². The van der Waals surface area contributed by atoms with Crippen LogP contribution in [0.1, 0.15) is 55.8 Å². The number of aliphatic carboxylic acids is 2. The molecule has 0 bridgehead atoms. The van der Waals surface area contributed by atoms with Gasteiger partial charge in [-0.05, 0) is 50.5 Å². The average Bonchev–Trinajstić information content (AvgIpc) is 2.90. The van der Waals surface area contributed by atoms with Crippen molar-refractivity contribution in [3.63, 3.8) is 0 Å². The van der Waals surface area contributed by atoms with Crippen LogP contribution >= 0.6 is 0 Å². The zero-order valence-electron chi connectivity index (χ0n) is 22.6. The molecule has 15 heteroatoms. The number of nitrogen functional groups attached to an aromatic ring is 1. The molecule has 0 radical (unpaired) electrons. The molecule has 1 aliphatic heterocycles. The maximum absolute atomic E-state index is 12.4. The van der Waals surface area contributed by atoms with Gasteiger partial charge in [-0.2, -0.15) is 0 Å². The van der Waals surface area contributed by atoms with Gasteiger partial charge in [-0.25, -0.2) is 9.59 Å². The number of amides is 5. The molecule has 1 heterocycles. The number of carbonyl (C=O) groups excluding carboxylic acids is 3. The number of nitrogens with one attached hydrogen (secondary N) is 2. The Kier molecular flexibility index (Phi) is 18.1. The first-order chi connectivity index (χ1) is 18.9. The summed E-state index contributed by atoms with van der Waals surface area (Å²) in [4.78, 5) is 67.0. The van der Waals surface area contributed by atoms with Crippen LogP contribution in [0.4, 0.5) is 15.3 Å². The van der Waals surface area contributed by atoms with Gasteiger partial charge in [0.1, 0.15) is 0 Å². The molecule has 9 N–H and O–H groups in total. The number of unbranched alkanes of at least 4 members (excludes halogenated alkanes) is 2. The Hall–Kier alpha value is -4.56. The quantitative estimate of drug-likeness (QED) is 0.113. The van der Waals surface area contributed by atoms with Gasteiger partial charge < -0.3 is 47.2 Å². The Balaban J connectivity index is 0.000000908. The highest BCUT2D eigenvalue weighted by molar-refractivity contribution is 5.94. The summed E-state index contributed by atoms with van der Waals surface area (Å²) in [5.41, 5.74) is 11.6. The maximum atomic E-state index is 12.4. The van der Waals surface area contributed by atoms with Gasteiger partial charge in [0.15, 0.2) is 0 Å². The fraction of sp³-hybridized carbons (Fsp3) is 0.520. The number of anilines is 1. The van der Waals surface area contributed by atoms with E-state index in [4.69, 9.17) is 31.6 Å². The van der Waals surface area contributed by atoms with E-state index in [1.165, 1.54) is 0 Å². The number of primary amides is 1. The van der Waals surface area contributed by atoms with Crippen molar-refractivity contribution in [2.24, 2.45) is 5.73 Å². The van der Waals surface area contributed by atoms with Crippen LogP contribution in [0.5, 0.6) is 0 Å². The van der Waals surface area contributed by atoms with Gasteiger partial charge in [0.2, 0.25) is 0 Å². The highest BCUT2D eigenvalue weighted by Gasteiger charge is 2.24. The molecule has 40 heavy (non-hydrogen) atoms. The van der Waals surface area contributed by atoms with E-state index in [1.807, 2.05) is 0 Å². The van der Waals surface area contributed by atoms with Gasteiger partial charge in [0, 0.05) is 62.9 Å². The number of urea groups is 2. The maximum Gasteiger partial charge on any atom is 0.317 e. The molecular formula is C25H40N6O9. The molecule has 1 unspecified atom stereocenters. The zero-order chi connectivity index (χ0) is 30.5. The number of nitrogens with zero attached hydrogens (tertiary/aromatic N) is 2. The molecule has 1 aromatic rings. The number of carboxylic acid groups (broad SMARTS) is 3. The average molecular weight is 569 g/mol. The molecule has 224 valence electrons. The molecule has 0 spiro atoms. The van der Waals surface area contributed by atoms with Crippen LogP contribution in [-0.4, -0.2) is 100 Å². The second kappa shape index (κ2) is 20.4. The number of hydrogen-bond donors (Lipinski definition) is 7. The van der Waals surface area contributed by atoms with Gasteiger partial charge in [-0.1, -0.05) is 6.42 Å². The van der Waals surface area contributed by atoms with Crippen LogP contribution < -0.4 is 22.1 Å². The van der Waals surface area contributed by atoms with Crippen molar-refractivity contribution in [1.82, 2.24) is 20.4 Å². The molecule has 5 amide bonds. The Morgan fingerprint density at radius 3 is 1.95 bits per heavy atom. The molecule has 1 saturated heterocycles. The Morgan fingerprint density at radius 2 is 1.45 bits per heavy atom. The van der Waals surface area contributed by atoms with Gasteiger partial charge in [0.25, 0.3) is 12.4 Å². The van der Waals surface area contributed by atoms with Crippen LogP contribution in [0.25, 0.3) is 0 Å². The summed E-state index contributed by atoms with van der Waals surface area (Å²) in [6.45, 7) is 3.96. The summed E-state index contributed by atoms with van der Waals surface area (Å²) in [6.07, 6.45) is 2.76. The number of piperazine rings is 1. The zero-order valence-corrected chi connectivity index (χ0v) is 22.6. The third-order valence-electron chi connectivity index (χ3n) is 5.54. The van der Waals surface area contributed by atoms with E-state index >= 15 is 0 Å². The molecule has 0 saturated carbocycles. The van der Waals surface area contributed by atoms with E-state index in [-0.39, 0.29) is 37.3 Å². The highest BCUT2D eigenvalue weighted by atomic mass is 16.4. The van der Waals surface area contributed by atoms with Crippen molar-refractivity contribution in [2.45, 2.75) is 51.5 Å². The largest absolute Gasteiger partial charge is 0.483 e. The van der Waals surface area contributed by atoms with E-state index in [0.29, 0.717) is 56.8 Å². The third kappa shape index (κ3) is 17.0. The lowest BCUT2D eigenvalue weighted by Gasteiger charge is -2.34. The van der Waals surface area contributed by atoms with E-state index in [1.54, 1.807) is 41.0 Å². The van der Waals surface area contributed by atoms with E-state index in [9.17, 15) is 24.0 Å². The van der Waals surface area contributed by atoms with Crippen LogP contribution in [0, 0.1) is 0 Å².